The molecular weight excluding hydrogens is 363 g/mol. The highest BCUT2D eigenvalue weighted by atomic mass is 127. The van der Waals surface area contributed by atoms with Gasteiger partial charge in [0.05, 0.1) is 0 Å². The van der Waals surface area contributed by atoms with Gasteiger partial charge in [-0.3, -0.25) is 4.79 Å². The molecule has 0 N–H and O–H groups in total. The molecule has 0 aliphatic heterocycles. The second kappa shape index (κ2) is 15.6. The third-order valence-corrected chi connectivity index (χ3v) is 4.38. The fourth-order valence-corrected chi connectivity index (χ4v) is 2.92. The smallest absolute Gasteiger partial charge is 0.302 e. The van der Waals surface area contributed by atoms with Gasteiger partial charge in [-0.1, -0.05) is 80.9 Å². The molecule has 3 heteroatoms. The fourth-order valence-electron chi connectivity index (χ4n) is 2.48. The third kappa shape index (κ3) is 14.6. The lowest BCUT2D eigenvalue weighted by Gasteiger charge is -2.16. The number of unbranched alkanes of at least 4 members (excludes halogenated alkanes) is 8. The molecule has 0 aromatic heterocycles. The molecule has 0 saturated carbocycles. The molecule has 0 radical (unpaired) electrons. The lowest BCUT2D eigenvalue weighted by molar-refractivity contribution is -0.147. The number of halogens is 1. The van der Waals surface area contributed by atoms with Crippen molar-refractivity contribution < 1.29 is 9.53 Å². The standard InChI is InChI=1S/C17H33IO2/c1-3-4-5-6-7-8-9-10-11-13-17(14-12-15-18)20-16(2)19/h17H,3-15H2,1-2H3/t17-/m1/s1. The van der Waals surface area contributed by atoms with Gasteiger partial charge in [0, 0.05) is 6.92 Å². The highest BCUT2D eigenvalue weighted by Gasteiger charge is 2.10. The van der Waals surface area contributed by atoms with E-state index in [0.29, 0.717) is 0 Å². The van der Waals surface area contributed by atoms with Gasteiger partial charge in [0.15, 0.2) is 0 Å². The van der Waals surface area contributed by atoms with Crippen molar-refractivity contribution in [2.45, 2.75) is 97.0 Å². The molecule has 0 rings (SSSR count). The van der Waals surface area contributed by atoms with Crippen LogP contribution < -0.4 is 0 Å². The molecule has 1 atom stereocenters. The summed E-state index contributed by atoms with van der Waals surface area (Å²) < 4.78 is 6.53. The van der Waals surface area contributed by atoms with Crippen LogP contribution in [-0.4, -0.2) is 16.5 Å². The summed E-state index contributed by atoms with van der Waals surface area (Å²) in [4.78, 5) is 11.1. The number of carbonyl (C=O) groups excluding carboxylic acids is 1. The van der Waals surface area contributed by atoms with E-state index in [1.54, 1.807) is 0 Å². The zero-order chi connectivity index (χ0) is 15.1. The molecular formula is C17H33IO2. The number of hydrogen-bond acceptors (Lipinski definition) is 2. The summed E-state index contributed by atoms with van der Waals surface area (Å²) in [5.41, 5.74) is 0. The first-order chi connectivity index (χ1) is 9.70. The lowest BCUT2D eigenvalue weighted by Crippen LogP contribution is -2.16. The molecule has 0 amide bonds. The topological polar surface area (TPSA) is 26.3 Å². The maximum atomic E-state index is 11.1. The molecule has 0 aromatic rings. The molecule has 20 heavy (non-hydrogen) atoms. The molecule has 0 spiro atoms. The van der Waals surface area contributed by atoms with Crippen LogP contribution in [0.2, 0.25) is 0 Å². The monoisotopic (exact) mass is 396 g/mol. The van der Waals surface area contributed by atoms with Crippen molar-refractivity contribution in [3.8, 4) is 0 Å². The Morgan fingerprint density at radius 3 is 1.90 bits per heavy atom. The normalized spacial score (nSPS) is 12.3. The second-order valence-corrected chi connectivity index (χ2v) is 6.76. The molecule has 0 heterocycles. The Labute approximate surface area is 139 Å². The van der Waals surface area contributed by atoms with Crippen LogP contribution in [0.3, 0.4) is 0 Å². The average molecular weight is 396 g/mol. The summed E-state index contributed by atoms with van der Waals surface area (Å²) in [6.45, 7) is 3.78. The van der Waals surface area contributed by atoms with Crippen LogP contribution in [0, 0.1) is 0 Å². The Morgan fingerprint density at radius 1 is 0.900 bits per heavy atom. The zero-order valence-electron chi connectivity index (χ0n) is 13.5. The number of alkyl halides is 1. The minimum absolute atomic E-state index is 0.126. The summed E-state index contributed by atoms with van der Waals surface area (Å²) >= 11 is 2.38. The molecule has 0 unspecified atom stereocenters. The Bertz CT molecular complexity index is 219. The molecule has 0 aliphatic carbocycles. The van der Waals surface area contributed by atoms with E-state index in [1.165, 1.54) is 64.7 Å². The predicted octanol–water partition coefficient (Wildman–Crippen LogP) is 6.05. The highest BCUT2D eigenvalue weighted by molar-refractivity contribution is 14.1. The van der Waals surface area contributed by atoms with Crippen molar-refractivity contribution in [1.82, 2.24) is 0 Å². The molecule has 0 aliphatic rings. The van der Waals surface area contributed by atoms with Crippen molar-refractivity contribution in [1.29, 1.82) is 0 Å². The van der Waals surface area contributed by atoms with E-state index in [4.69, 9.17) is 4.74 Å². The Balaban J connectivity index is 3.45. The van der Waals surface area contributed by atoms with Crippen LogP contribution in [0.4, 0.5) is 0 Å². The van der Waals surface area contributed by atoms with Crippen molar-refractivity contribution in [2.75, 3.05) is 4.43 Å². The van der Waals surface area contributed by atoms with Crippen LogP contribution in [0.25, 0.3) is 0 Å². The summed E-state index contributed by atoms with van der Waals surface area (Å²) in [6, 6.07) is 0. The summed E-state index contributed by atoms with van der Waals surface area (Å²) in [5, 5.41) is 0. The van der Waals surface area contributed by atoms with Gasteiger partial charge in [-0.2, -0.15) is 0 Å². The van der Waals surface area contributed by atoms with Crippen molar-refractivity contribution in [3.05, 3.63) is 0 Å². The molecule has 120 valence electrons. The highest BCUT2D eigenvalue weighted by Crippen LogP contribution is 2.15. The van der Waals surface area contributed by atoms with Crippen LogP contribution in [-0.2, 0) is 9.53 Å². The van der Waals surface area contributed by atoms with E-state index in [1.807, 2.05) is 0 Å². The van der Waals surface area contributed by atoms with Crippen molar-refractivity contribution in [2.24, 2.45) is 0 Å². The SMILES string of the molecule is CCCCCCCCCCC[C@H](CCCI)OC(C)=O. The maximum Gasteiger partial charge on any atom is 0.302 e. The van der Waals surface area contributed by atoms with E-state index >= 15 is 0 Å². The van der Waals surface area contributed by atoms with Crippen LogP contribution in [0.1, 0.15) is 90.9 Å². The third-order valence-electron chi connectivity index (χ3n) is 3.62. The van der Waals surface area contributed by atoms with Gasteiger partial charge in [0.2, 0.25) is 0 Å². The Morgan fingerprint density at radius 2 is 1.40 bits per heavy atom. The summed E-state index contributed by atoms with van der Waals surface area (Å²) in [5.74, 6) is -0.126. The van der Waals surface area contributed by atoms with Gasteiger partial charge >= 0.3 is 5.97 Å². The van der Waals surface area contributed by atoms with E-state index in [-0.39, 0.29) is 12.1 Å². The first-order valence-electron chi connectivity index (χ1n) is 8.43. The number of esters is 1. The van der Waals surface area contributed by atoms with Gasteiger partial charge in [0.1, 0.15) is 6.10 Å². The second-order valence-electron chi connectivity index (χ2n) is 5.68. The van der Waals surface area contributed by atoms with Gasteiger partial charge in [-0.05, 0) is 30.1 Å². The van der Waals surface area contributed by atoms with E-state index in [0.717, 1.165) is 23.7 Å². The van der Waals surface area contributed by atoms with E-state index in [9.17, 15) is 4.79 Å². The number of hydrogen-bond donors (Lipinski definition) is 0. The van der Waals surface area contributed by atoms with Crippen molar-refractivity contribution >= 4 is 28.6 Å². The maximum absolute atomic E-state index is 11.1. The van der Waals surface area contributed by atoms with Crippen LogP contribution in [0.5, 0.6) is 0 Å². The van der Waals surface area contributed by atoms with Gasteiger partial charge in [-0.25, -0.2) is 0 Å². The summed E-state index contributed by atoms with van der Waals surface area (Å²) in [7, 11) is 0. The quantitative estimate of drug-likeness (QED) is 0.155. The molecule has 0 aromatic carbocycles. The summed E-state index contributed by atoms with van der Waals surface area (Å²) in [6.07, 6.45) is 15.5. The Kier molecular flexibility index (Phi) is 15.7. The van der Waals surface area contributed by atoms with Crippen molar-refractivity contribution in [3.63, 3.8) is 0 Å². The predicted molar refractivity (Wildman–Crippen MR) is 95.5 cm³/mol. The van der Waals surface area contributed by atoms with E-state index in [2.05, 4.69) is 29.5 Å². The first kappa shape index (κ1) is 20.2. The first-order valence-corrected chi connectivity index (χ1v) is 9.96. The zero-order valence-corrected chi connectivity index (χ0v) is 15.6. The van der Waals surface area contributed by atoms with Crippen LogP contribution in [0.15, 0.2) is 0 Å². The van der Waals surface area contributed by atoms with E-state index < -0.39 is 0 Å². The molecule has 0 fully saturated rings. The van der Waals surface area contributed by atoms with Gasteiger partial charge in [0.25, 0.3) is 0 Å². The lowest BCUT2D eigenvalue weighted by atomic mass is 10.0. The minimum Gasteiger partial charge on any atom is -0.463 e. The fraction of sp³-hybridized carbons (Fsp3) is 0.941. The molecule has 0 bridgehead atoms. The molecule has 0 saturated heterocycles. The molecule has 2 nitrogen and oxygen atoms in total. The van der Waals surface area contributed by atoms with Crippen LogP contribution >= 0.6 is 22.6 Å². The van der Waals surface area contributed by atoms with Gasteiger partial charge in [-0.15, -0.1) is 0 Å². The van der Waals surface area contributed by atoms with Gasteiger partial charge < -0.3 is 4.74 Å². The Hall–Kier alpha value is 0.200. The minimum atomic E-state index is -0.126. The number of rotatable bonds is 14. The average Bonchev–Trinajstić information content (AvgIpc) is 2.42. The number of carbonyl (C=O) groups is 1. The largest absolute Gasteiger partial charge is 0.463 e. The number of ether oxygens (including phenoxy) is 1.